The van der Waals surface area contributed by atoms with Gasteiger partial charge in [0.2, 0.25) is 11.5 Å². The Kier molecular flexibility index (Phi) is 11.8. The first-order chi connectivity index (χ1) is 29.7. The first kappa shape index (κ1) is 38.6. The van der Waals surface area contributed by atoms with E-state index in [2.05, 4.69) is 217 Å². The molecule has 0 aliphatic carbocycles. The van der Waals surface area contributed by atoms with Crippen LogP contribution >= 0.6 is 0 Å². The first-order valence-corrected chi connectivity index (χ1v) is 21.4. The molecule has 0 fully saturated rings. The average Bonchev–Trinajstić information content (AvgIpc) is 3.84. The second-order valence-corrected chi connectivity index (χ2v) is 15.8. The summed E-state index contributed by atoms with van der Waals surface area (Å²) >= 11 is 0. The van der Waals surface area contributed by atoms with Crippen molar-refractivity contribution in [1.82, 2.24) is 0 Å². The van der Waals surface area contributed by atoms with Crippen molar-refractivity contribution in [3.05, 3.63) is 228 Å². The largest absolute Gasteiger partial charge is 0.439 e. The molecular weight excluding hydrogens is 733 g/mol. The standard InChI is InChI=1S/C56H51N2O2/c1-2-42(38-55-57(34-32-43-18-8-3-9-19-43)51-40-49(28-30-53(51)59-55)47-24-14-6-15-25-47)39-56-58(52-41-50(29-31-54(52)60-56)48-26-16-7-17-27-48)35-33-46(36-44-20-10-4-11-21-44)37-45-22-12-5-13-23-45/h3-31,38-41,46H,2,32-37H2,1H3/q+1. The zero-order valence-corrected chi connectivity index (χ0v) is 34.3. The van der Waals surface area contributed by atoms with Gasteiger partial charge in [-0.2, -0.15) is 4.57 Å². The van der Waals surface area contributed by atoms with Gasteiger partial charge in [-0.05, 0) is 94.3 Å². The van der Waals surface area contributed by atoms with Crippen molar-refractivity contribution < 1.29 is 13.7 Å². The molecule has 7 aromatic carbocycles. The predicted molar refractivity (Wildman–Crippen MR) is 247 cm³/mol. The maximum absolute atomic E-state index is 6.82. The number of fused-ring (bicyclic) bond motifs is 2. The van der Waals surface area contributed by atoms with E-state index in [0.717, 1.165) is 85.1 Å². The number of oxazole rings is 1. The number of benzene rings is 7. The third-order valence-corrected chi connectivity index (χ3v) is 11.7. The molecule has 0 amide bonds. The van der Waals surface area contributed by atoms with Gasteiger partial charge in [-0.25, -0.2) is 0 Å². The Bertz CT molecular complexity index is 2660. The molecule has 0 saturated heterocycles. The maximum Gasteiger partial charge on any atom is 0.374 e. The number of ether oxygens (including phenoxy) is 1. The molecule has 0 N–H and O–H groups in total. The summed E-state index contributed by atoms with van der Waals surface area (Å²) in [5, 5.41) is 0. The number of rotatable bonds is 15. The van der Waals surface area contributed by atoms with E-state index in [1.54, 1.807) is 0 Å². The zero-order valence-electron chi connectivity index (χ0n) is 34.3. The highest BCUT2D eigenvalue weighted by molar-refractivity contribution is 5.79. The van der Waals surface area contributed by atoms with Crippen molar-refractivity contribution in [3.63, 3.8) is 0 Å². The van der Waals surface area contributed by atoms with E-state index in [9.17, 15) is 0 Å². The summed E-state index contributed by atoms with van der Waals surface area (Å²) < 4.78 is 15.9. The molecule has 9 rings (SSSR count). The van der Waals surface area contributed by atoms with Crippen LogP contribution in [-0.2, 0) is 25.8 Å². The molecule has 0 radical (unpaired) electrons. The molecule has 0 unspecified atom stereocenters. The fourth-order valence-corrected chi connectivity index (χ4v) is 8.43. The predicted octanol–water partition coefficient (Wildman–Crippen LogP) is 13.3. The minimum atomic E-state index is 0.443. The summed E-state index contributed by atoms with van der Waals surface area (Å²) in [7, 11) is 0. The Morgan fingerprint density at radius 2 is 1.15 bits per heavy atom. The molecule has 4 nitrogen and oxygen atoms in total. The van der Waals surface area contributed by atoms with Gasteiger partial charge >= 0.3 is 5.89 Å². The quantitative estimate of drug-likeness (QED) is 0.0970. The number of hydrogen-bond donors (Lipinski definition) is 0. The van der Waals surface area contributed by atoms with E-state index in [4.69, 9.17) is 9.15 Å². The Morgan fingerprint density at radius 3 is 1.75 bits per heavy atom. The van der Waals surface area contributed by atoms with Gasteiger partial charge in [0.1, 0.15) is 0 Å². The van der Waals surface area contributed by atoms with Crippen LogP contribution in [0.25, 0.3) is 39.4 Å². The highest BCUT2D eigenvalue weighted by Crippen LogP contribution is 2.42. The molecular formula is C56H51N2O2+. The first-order valence-electron chi connectivity index (χ1n) is 21.4. The van der Waals surface area contributed by atoms with Crippen molar-refractivity contribution in [2.24, 2.45) is 5.92 Å². The van der Waals surface area contributed by atoms with E-state index in [-0.39, 0.29) is 0 Å². The van der Waals surface area contributed by atoms with E-state index >= 15 is 0 Å². The van der Waals surface area contributed by atoms with Gasteiger partial charge in [0.15, 0.2) is 12.3 Å². The Hall–Kier alpha value is -6.91. The van der Waals surface area contributed by atoms with Crippen LogP contribution in [0.15, 0.2) is 210 Å². The fraction of sp³-hybridized carbons (Fsp3) is 0.161. The summed E-state index contributed by atoms with van der Waals surface area (Å²) in [5.41, 5.74) is 13.0. The lowest BCUT2D eigenvalue weighted by atomic mass is 9.90. The summed E-state index contributed by atoms with van der Waals surface area (Å²) in [4.78, 5) is 2.34. The van der Waals surface area contributed by atoms with Crippen LogP contribution in [0, 0.1) is 5.92 Å². The zero-order chi connectivity index (χ0) is 40.5. The monoisotopic (exact) mass is 783 g/mol. The second kappa shape index (κ2) is 18.3. The summed E-state index contributed by atoms with van der Waals surface area (Å²) in [6.45, 7) is 3.82. The Balaban J connectivity index is 1.09. The molecule has 1 aliphatic heterocycles. The number of hydrogen-bond acceptors (Lipinski definition) is 3. The molecule has 8 aromatic rings. The number of anilines is 1. The minimum absolute atomic E-state index is 0.443. The molecule has 0 bridgehead atoms. The van der Waals surface area contributed by atoms with Crippen molar-refractivity contribution in [2.45, 2.75) is 45.6 Å². The number of aryl methyl sites for hydroxylation is 1. The van der Waals surface area contributed by atoms with Crippen LogP contribution in [-0.4, -0.2) is 6.54 Å². The van der Waals surface area contributed by atoms with Crippen molar-refractivity contribution in [2.75, 3.05) is 11.4 Å². The lowest BCUT2D eigenvalue weighted by molar-refractivity contribution is -0.679. The van der Waals surface area contributed by atoms with Gasteiger partial charge in [-0.1, -0.05) is 171 Å². The van der Waals surface area contributed by atoms with Crippen molar-refractivity contribution in [3.8, 4) is 28.0 Å². The second-order valence-electron chi connectivity index (χ2n) is 15.8. The van der Waals surface area contributed by atoms with Crippen LogP contribution in [0.4, 0.5) is 5.69 Å². The van der Waals surface area contributed by atoms with Crippen LogP contribution in [0.1, 0.15) is 42.3 Å². The molecule has 1 aliphatic rings. The summed E-state index contributed by atoms with van der Waals surface area (Å²) in [5.74, 6) is 3.00. The lowest BCUT2D eigenvalue weighted by Gasteiger charge is -2.19. The molecule has 296 valence electrons. The van der Waals surface area contributed by atoms with E-state index < -0.39 is 0 Å². The average molecular weight is 784 g/mol. The van der Waals surface area contributed by atoms with Crippen LogP contribution in [0.3, 0.4) is 0 Å². The lowest BCUT2D eigenvalue weighted by Crippen LogP contribution is -2.37. The number of aromatic nitrogens is 1. The van der Waals surface area contributed by atoms with Gasteiger partial charge in [0.25, 0.3) is 5.52 Å². The third kappa shape index (κ3) is 9.04. The Labute approximate surface area is 354 Å². The van der Waals surface area contributed by atoms with Crippen molar-refractivity contribution >= 4 is 22.9 Å². The summed E-state index contributed by atoms with van der Waals surface area (Å²) in [6, 6.07) is 66.9. The normalized spacial score (nSPS) is 13.3. The molecule has 60 heavy (non-hydrogen) atoms. The van der Waals surface area contributed by atoms with Gasteiger partial charge in [-0.15, -0.1) is 0 Å². The maximum atomic E-state index is 6.82. The SMILES string of the molecule is CCC(/C=C1\Oc2ccc(-c3ccccc3)cc2N1CCc1ccccc1)=C\c1oc2ccc(-c3ccccc3)cc2[n+]1CCC(Cc1ccccc1)Cc1ccccc1. The van der Waals surface area contributed by atoms with E-state index in [0.29, 0.717) is 5.92 Å². The van der Waals surface area contributed by atoms with E-state index in [1.807, 2.05) is 0 Å². The third-order valence-electron chi connectivity index (χ3n) is 11.7. The molecule has 2 heterocycles. The number of allylic oxidation sites excluding steroid dienone is 2. The minimum Gasteiger partial charge on any atom is -0.439 e. The van der Waals surface area contributed by atoms with E-state index in [1.165, 1.54) is 38.9 Å². The molecule has 1 aromatic heterocycles. The molecule has 0 spiro atoms. The fourth-order valence-electron chi connectivity index (χ4n) is 8.43. The molecule has 0 atom stereocenters. The van der Waals surface area contributed by atoms with Crippen molar-refractivity contribution in [1.29, 1.82) is 0 Å². The highest BCUT2D eigenvalue weighted by atomic mass is 16.5. The van der Waals surface area contributed by atoms with Gasteiger partial charge < -0.3 is 14.1 Å². The van der Waals surface area contributed by atoms with Crippen LogP contribution in [0.5, 0.6) is 5.75 Å². The smallest absolute Gasteiger partial charge is 0.374 e. The molecule has 0 saturated carbocycles. The number of nitrogens with zero attached hydrogens (tertiary/aromatic N) is 2. The topological polar surface area (TPSA) is 29.5 Å². The Morgan fingerprint density at radius 1 is 0.600 bits per heavy atom. The van der Waals surface area contributed by atoms with Crippen LogP contribution in [0.2, 0.25) is 0 Å². The van der Waals surface area contributed by atoms with Crippen LogP contribution < -0.4 is 14.2 Å². The highest BCUT2D eigenvalue weighted by Gasteiger charge is 2.28. The van der Waals surface area contributed by atoms with Gasteiger partial charge in [-0.3, -0.25) is 0 Å². The molecule has 4 heteroatoms. The van der Waals surface area contributed by atoms with Gasteiger partial charge in [0, 0.05) is 25.1 Å². The summed E-state index contributed by atoms with van der Waals surface area (Å²) in [6.07, 6.45) is 9.17. The van der Waals surface area contributed by atoms with Gasteiger partial charge in [0.05, 0.1) is 11.8 Å².